The molecule has 1 saturated heterocycles. The van der Waals surface area contributed by atoms with Gasteiger partial charge in [0.15, 0.2) is 0 Å². The molecule has 0 radical (unpaired) electrons. The van der Waals surface area contributed by atoms with Crippen LogP contribution >= 0.6 is 0 Å². The number of aliphatic imine (C=N–C) groups is 1. The van der Waals surface area contributed by atoms with Crippen molar-refractivity contribution in [3.8, 4) is 5.75 Å². The van der Waals surface area contributed by atoms with Crippen LogP contribution in [0.15, 0.2) is 48.1 Å². The molecule has 0 spiro atoms. The van der Waals surface area contributed by atoms with Crippen LogP contribution in [0.1, 0.15) is 46.5 Å². The zero-order valence-corrected chi connectivity index (χ0v) is 18.2. The van der Waals surface area contributed by atoms with Gasteiger partial charge < -0.3 is 24.7 Å². The Hall–Kier alpha value is -3.88. The molecule has 1 aromatic heterocycles. The van der Waals surface area contributed by atoms with E-state index in [1.807, 2.05) is 11.1 Å². The number of rotatable bonds is 9. The minimum Gasteiger partial charge on any atom is -0.494 e. The van der Waals surface area contributed by atoms with Gasteiger partial charge in [0.25, 0.3) is 5.91 Å². The summed E-state index contributed by atoms with van der Waals surface area (Å²) in [5, 5.41) is 2.73. The summed E-state index contributed by atoms with van der Waals surface area (Å²) in [5.74, 6) is -0.0955. The third-order valence-electron chi connectivity index (χ3n) is 5.48. The Morgan fingerprint density at radius 3 is 3.06 bits per heavy atom. The van der Waals surface area contributed by atoms with Crippen molar-refractivity contribution in [2.75, 3.05) is 25.1 Å². The molecule has 1 fully saturated rings. The molecule has 0 aliphatic carbocycles. The third kappa shape index (κ3) is 5.31. The number of hydrogen-bond acceptors (Lipinski definition) is 6. The summed E-state index contributed by atoms with van der Waals surface area (Å²) >= 11 is 0. The Bertz CT molecular complexity index is 1090. The van der Waals surface area contributed by atoms with Gasteiger partial charge in [-0.05, 0) is 37.5 Å². The number of carbonyl (C=O) groups excluding carboxylic acids is 3. The van der Waals surface area contributed by atoms with Crippen molar-refractivity contribution in [3.05, 3.63) is 54.4 Å². The highest BCUT2D eigenvalue weighted by Crippen LogP contribution is 2.31. The zero-order chi connectivity index (χ0) is 23.2. The van der Waals surface area contributed by atoms with E-state index in [1.54, 1.807) is 18.2 Å². The average molecular weight is 450 g/mol. The quantitative estimate of drug-likeness (QED) is 0.345. The second-order valence-corrected chi connectivity index (χ2v) is 7.85. The molecule has 4 rings (SSSR count). The number of fused-ring (bicyclic) bond motifs is 2. The highest BCUT2D eigenvalue weighted by Gasteiger charge is 2.31. The van der Waals surface area contributed by atoms with Gasteiger partial charge in [0.05, 0.1) is 29.6 Å². The van der Waals surface area contributed by atoms with E-state index < -0.39 is 5.97 Å². The third-order valence-corrected chi connectivity index (χ3v) is 5.48. The molecule has 2 aliphatic heterocycles. The van der Waals surface area contributed by atoms with Gasteiger partial charge in [-0.1, -0.05) is 12.7 Å². The van der Waals surface area contributed by atoms with Crippen LogP contribution in [0, 0.1) is 0 Å². The highest BCUT2D eigenvalue weighted by atomic mass is 16.5. The lowest BCUT2D eigenvalue weighted by molar-refractivity contribution is -0.116. The Kier molecular flexibility index (Phi) is 6.87. The molecule has 1 unspecified atom stereocenters. The minimum absolute atomic E-state index is 0.00935. The van der Waals surface area contributed by atoms with Gasteiger partial charge >= 0.3 is 5.97 Å². The summed E-state index contributed by atoms with van der Waals surface area (Å²) in [6, 6.07) is 6.86. The first kappa shape index (κ1) is 22.3. The van der Waals surface area contributed by atoms with Crippen LogP contribution in [-0.2, 0) is 9.53 Å². The molecular formula is C24H26N4O5. The van der Waals surface area contributed by atoms with E-state index in [-0.39, 0.29) is 36.6 Å². The summed E-state index contributed by atoms with van der Waals surface area (Å²) in [4.78, 5) is 45.8. The summed E-state index contributed by atoms with van der Waals surface area (Å²) in [5.41, 5.74) is 1.93. The number of amides is 2. The van der Waals surface area contributed by atoms with Crippen molar-refractivity contribution < 1.29 is 23.9 Å². The van der Waals surface area contributed by atoms with Crippen LogP contribution in [0.3, 0.4) is 0 Å². The Morgan fingerprint density at radius 1 is 1.33 bits per heavy atom. The van der Waals surface area contributed by atoms with Crippen LogP contribution in [0.25, 0.3) is 0 Å². The molecule has 2 aromatic rings. The molecule has 172 valence electrons. The monoisotopic (exact) mass is 450 g/mol. The maximum absolute atomic E-state index is 12.7. The van der Waals surface area contributed by atoms with Gasteiger partial charge in [-0.25, -0.2) is 4.79 Å². The fourth-order valence-corrected chi connectivity index (χ4v) is 3.85. The average Bonchev–Trinajstić information content (AvgIpc) is 3.46. The largest absolute Gasteiger partial charge is 0.494 e. The number of aromatic nitrogens is 1. The Labute approximate surface area is 191 Å². The molecule has 2 aliphatic rings. The minimum atomic E-state index is -0.518. The van der Waals surface area contributed by atoms with Crippen LogP contribution in [0.4, 0.5) is 11.4 Å². The molecule has 9 nitrogen and oxygen atoms in total. The normalized spacial score (nSPS) is 16.5. The topological polar surface area (TPSA) is 113 Å². The van der Waals surface area contributed by atoms with Gasteiger partial charge in [-0.2, -0.15) is 0 Å². The molecule has 0 bridgehead atoms. The van der Waals surface area contributed by atoms with Crippen molar-refractivity contribution in [1.82, 2.24) is 9.88 Å². The predicted octanol–water partition coefficient (Wildman–Crippen LogP) is 3.48. The van der Waals surface area contributed by atoms with Crippen LogP contribution in [0.5, 0.6) is 5.75 Å². The Morgan fingerprint density at radius 2 is 2.21 bits per heavy atom. The fraction of sp³-hybridized carbons (Fsp3) is 0.333. The van der Waals surface area contributed by atoms with Gasteiger partial charge in [0.2, 0.25) is 5.91 Å². The summed E-state index contributed by atoms with van der Waals surface area (Å²) in [7, 11) is 0. The zero-order valence-electron chi connectivity index (χ0n) is 18.2. The van der Waals surface area contributed by atoms with Crippen LogP contribution in [0.2, 0.25) is 0 Å². The number of anilines is 1. The molecule has 2 amide bonds. The molecule has 0 saturated carbocycles. The van der Waals surface area contributed by atoms with Crippen molar-refractivity contribution in [2.24, 2.45) is 4.99 Å². The van der Waals surface area contributed by atoms with Crippen LogP contribution < -0.4 is 10.1 Å². The van der Waals surface area contributed by atoms with E-state index in [0.717, 1.165) is 19.4 Å². The van der Waals surface area contributed by atoms with Crippen molar-refractivity contribution >= 4 is 35.4 Å². The lowest BCUT2D eigenvalue weighted by Gasteiger charge is -2.19. The molecule has 1 atom stereocenters. The summed E-state index contributed by atoms with van der Waals surface area (Å²) in [6.07, 6.45) is 7.54. The van der Waals surface area contributed by atoms with E-state index in [2.05, 4.69) is 21.9 Å². The maximum atomic E-state index is 12.7. The number of benzene rings is 1. The molecule has 3 heterocycles. The number of carbonyl (C=O) groups is 3. The number of ether oxygens (including phenoxy) is 2. The smallest absolute Gasteiger partial charge is 0.355 e. The molecule has 9 heteroatoms. The van der Waals surface area contributed by atoms with Gasteiger partial charge in [0.1, 0.15) is 18.1 Å². The van der Waals surface area contributed by atoms with Crippen molar-refractivity contribution in [1.29, 1.82) is 0 Å². The number of esters is 1. The molecule has 2 N–H and O–H groups in total. The standard InChI is InChI=1S/C24H26N4O5/c1-2-10-33-24(31)21-12-16(14-25-21)27-22(29)6-4-11-32-18-7-8-19-20(13-18)26-15-17-5-3-9-28(17)23(19)30/h2,7-8,12-15,17,25H,1,3-6,9-11H2,(H,27,29). The highest BCUT2D eigenvalue weighted by molar-refractivity contribution is 6.03. The Balaban J connectivity index is 1.24. The lowest BCUT2D eigenvalue weighted by atomic mass is 10.1. The summed E-state index contributed by atoms with van der Waals surface area (Å²) < 4.78 is 10.7. The van der Waals surface area contributed by atoms with Crippen molar-refractivity contribution in [2.45, 2.75) is 31.7 Å². The van der Waals surface area contributed by atoms with Gasteiger partial charge in [-0.3, -0.25) is 14.6 Å². The number of nitrogens with zero attached hydrogens (tertiary/aromatic N) is 2. The van der Waals surface area contributed by atoms with E-state index in [9.17, 15) is 14.4 Å². The SMILES string of the molecule is C=CCOC(=O)c1cc(NC(=O)CCCOc2ccc3c(c2)N=CC2CCCN2C3=O)c[nH]1. The molecule has 33 heavy (non-hydrogen) atoms. The number of nitrogens with one attached hydrogen (secondary N) is 2. The number of hydrogen-bond donors (Lipinski definition) is 2. The van der Waals surface area contributed by atoms with Crippen molar-refractivity contribution in [3.63, 3.8) is 0 Å². The van der Waals surface area contributed by atoms with Gasteiger partial charge in [-0.15, -0.1) is 0 Å². The van der Waals surface area contributed by atoms with E-state index in [1.165, 1.54) is 18.3 Å². The lowest BCUT2D eigenvalue weighted by Crippen LogP contribution is -2.35. The molecular weight excluding hydrogens is 424 g/mol. The maximum Gasteiger partial charge on any atom is 0.355 e. The van der Waals surface area contributed by atoms with E-state index in [4.69, 9.17) is 9.47 Å². The number of H-pyrrole nitrogens is 1. The van der Waals surface area contributed by atoms with E-state index in [0.29, 0.717) is 35.7 Å². The van der Waals surface area contributed by atoms with E-state index >= 15 is 0 Å². The second kappa shape index (κ2) is 10.2. The predicted molar refractivity (Wildman–Crippen MR) is 123 cm³/mol. The first-order valence-electron chi connectivity index (χ1n) is 10.9. The molecule has 1 aromatic carbocycles. The number of aromatic amines is 1. The van der Waals surface area contributed by atoms with Crippen LogP contribution in [-0.4, -0.2) is 59.7 Å². The fourth-order valence-electron chi connectivity index (χ4n) is 3.85. The second-order valence-electron chi connectivity index (χ2n) is 7.85. The summed E-state index contributed by atoms with van der Waals surface area (Å²) in [6.45, 7) is 4.70. The first-order chi connectivity index (χ1) is 16.0. The van der Waals surface area contributed by atoms with Gasteiger partial charge in [0, 0.05) is 31.4 Å². The first-order valence-corrected chi connectivity index (χ1v) is 10.9.